The average molecular weight is 588 g/mol. The van der Waals surface area contributed by atoms with Gasteiger partial charge in [-0.3, -0.25) is 9.59 Å². The number of rotatable bonds is 12. The summed E-state index contributed by atoms with van der Waals surface area (Å²) in [6.07, 6.45) is 1.01. The van der Waals surface area contributed by atoms with Gasteiger partial charge in [0.15, 0.2) is 6.61 Å². The van der Waals surface area contributed by atoms with Crippen molar-refractivity contribution in [2.45, 2.75) is 82.9 Å². The van der Waals surface area contributed by atoms with E-state index in [0.29, 0.717) is 18.6 Å². The van der Waals surface area contributed by atoms with Crippen LogP contribution in [0.3, 0.4) is 0 Å². The third kappa shape index (κ3) is 8.07. The number of hydrogen-bond acceptors (Lipinski definition) is 7. The molecule has 2 atom stereocenters. The van der Waals surface area contributed by atoms with Gasteiger partial charge in [-0.1, -0.05) is 29.8 Å². The van der Waals surface area contributed by atoms with Crippen LogP contribution in [0.25, 0.3) is 0 Å². The van der Waals surface area contributed by atoms with Gasteiger partial charge in [0.25, 0.3) is 5.91 Å². The highest BCUT2D eigenvalue weighted by molar-refractivity contribution is 7.89. The molecule has 0 saturated carbocycles. The first kappa shape index (κ1) is 32.1. The van der Waals surface area contributed by atoms with Crippen molar-refractivity contribution in [2.75, 3.05) is 20.3 Å². The normalized spacial score (nSPS) is 16.4. The van der Waals surface area contributed by atoms with Crippen LogP contribution in [0.5, 0.6) is 5.75 Å². The molecular weight excluding hydrogens is 546 g/mol. The van der Waals surface area contributed by atoms with Crippen molar-refractivity contribution in [3.8, 4) is 5.75 Å². The minimum Gasteiger partial charge on any atom is -0.484 e. The van der Waals surface area contributed by atoms with E-state index in [2.05, 4.69) is 5.32 Å². The number of nitrogens with one attached hydrogen (secondary N) is 1. The SMILES string of the molecule is COC(=O)[C@H](Cc1ccc(OCC(=O)N(C(C)C)C(C)C)cc1)NC(=O)[C@@H]1CCCN1S(=O)(=O)c1ccc(C)cc1. The molecule has 3 rings (SSSR count). The van der Waals surface area contributed by atoms with E-state index in [9.17, 15) is 22.8 Å². The molecule has 1 N–H and O–H groups in total. The van der Waals surface area contributed by atoms with Crippen LogP contribution in [0.15, 0.2) is 53.4 Å². The molecule has 2 aromatic rings. The quantitative estimate of drug-likeness (QED) is 0.379. The standard InChI is InChI=1S/C30H41N3O7S/c1-20(2)33(21(3)4)28(34)19-40-24-13-11-23(12-14-24)18-26(30(36)39-6)31-29(35)27-8-7-17-32(27)41(37,38)25-15-9-22(5)10-16-25/h9-16,20-21,26-27H,7-8,17-19H2,1-6H3,(H,31,35)/t26-,27-/m0/s1. The van der Waals surface area contributed by atoms with Crippen LogP contribution in [0, 0.1) is 6.92 Å². The minimum atomic E-state index is -3.89. The molecular formula is C30H41N3O7S. The van der Waals surface area contributed by atoms with Crippen molar-refractivity contribution in [1.82, 2.24) is 14.5 Å². The van der Waals surface area contributed by atoms with Crippen molar-refractivity contribution in [2.24, 2.45) is 0 Å². The molecule has 41 heavy (non-hydrogen) atoms. The Morgan fingerprint density at radius 3 is 2.17 bits per heavy atom. The van der Waals surface area contributed by atoms with E-state index in [-0.39, 0.29) is 42.5 Å². The van der Waals surface area contributed by atoms with Gasteiger partial charge in [0.2, 0.25) is 15.9 Å². The summed E-state index contributed by atoms with van der Waals surface area (Å²) in [6, 6.07) is 11.5. The van der Waals surface area contributed by atoms with Crippen molar-refractivity contribution in [1.29, 1.82) is 0 Å². The number of carbonyl (C=O) groups excluding carboxylic acids is 3. The molecule has 1 aliphatic rings. The zero-order valence-electron chi connectivity index (χ0n) is 24.6. The first-order valence-corrected chi connectivity index (χ1v) is 15.3. The van der Waals surface area contributed by atoms with E-state index in [0.717, 1.165) is 11.1 Å². The lowest BCUT2D eigenvalue weighted by atomic mass is 10.0. The smallest absolute Gasteiger partial charge is 0.328 e. The Labute approximate surface area is 243 Å². The zero-order valence-corrected chi connectivity index (χ0v) is 25.4. The maximum absolute atomic E-state index is 13.3. The summed E-state index contributed by atoms with van der Waals surface area (Å²) in [5.41, 5.74) is 1.65. The third-order valence-electron chi connectivity index (χ3n) is 7.06. The predicted octanol–water partition coefficient (Wildman–Crippen LogP) is 3.07. The molecule has 1 saturated heterocycles. The largest absolute Gasteiger partial charge is 0.484 e. The summed E-state index contributed by atoms with van der Waals surface area (Å²) < 4.78 is 38.4. The maximum atomic E-state index is 13.3. The van der Waals surface area contributed by atoms with Gasteiger partial charge in [0.1, 0.15) is 17.8 Å². The molecule has 1 fully saturated rings. The van der Waals surface area contributed by atoms with Crippen LogP contribution in [-0.4, -0.2) is 79.8 Å². The number of carbonyl (C=O) groups is 3. The lowest BCUT2D eigenvalue weighted by Crippen LogP contribution is -2.51. The van der Waals surface area contributed by atoms with Crippen LogP contribution in [0.2, 0.25) is 0 Å². The highest BCUT2D eigenvalue weighted by Gasteiger charge is 2.40. The van der Waals surface area contributed by atoms with Crippen LogP contribution >= 0.6 is 0 Å². The van der Waals surface area contributed by atoms with Gasteiger partial charge in [0, 0.05) is 25.0 Å². The molecule has 0 bridgehead atoms. The Hall–Kier alpha value is -3.44. The summed E-state index contributed by atoms with van der Waals surface area (Å²) in [5.74, 6) is -0.807. The number of sulfonamides is 1. The number of benzene rings is 2. The van der Waals surface area contributed by atoms with E-state index in [1.54, 1.807) is 41.3 Å². The fourth-order valence-electron chi connectivity index (χ4n) is 5.09. The molecule has 224 valence electrons. The fourth-order valence-corrected chi connectivity index (χ4v) is 6.74. The first-order valence-electron chi connectivity index (χ1n) is 13.8. The molecule has 1 aliphatic heterocycles. The Bertz CT molecular complexity index is 1300. The maximum Gasteiger partial charge on any atom is 0.328 e. The molecule has 2 amide bonds. The van der Waals surface area contributed by atoms with Gasteiger partial charge < -0.3 is 19.7 Å². The van der Waals surface area contributed by atoms with Gasteiger partial charge in [-0.05, 0) is 77.3 Å². The molecule has 2 aromatic carbocycles. The highest BCUT2D eigenvalue weighted by atomic mass is 32.2. The van der Waals surface area contributed by atoms with Crippen molar-refractivity contribution in [3.63, 3.8) is 0 Å². The Balaban J connectivity index is 1.66. The van der Waals surface area contributed by atoms with E-state index in [1.807, 2.05) is 34.6 Å². The van der Waals surface area contributed by atoms with Crippen LogP contribution in [0.1, 0.15) is 51.7 Å². The lowest BCUT2D eigenvalue weighted by molar-refractivity contribution is -0.145. The van der Waals surface area contributed by atoms with E-state index in [4.69, 9.17) is 9.47 Å². The van der Waals surface area contributed by atoms with Crippen molar-refractivity contribution >= 4 is 27.8 Å². The van der Waals surface area contributed by atoms with Crippen LogP contribution in [-0.2, 0) is 35.6 Å². The first-order chi connectivity index (χ1) is 19.3. The number of amides is 2. The summed E-state index contributed by atoms with van der Waals surface area (Å²) in [5, 5.41) is 2.71. The van der Waals surface area contributed by atoms with Gasteiger partial charge >= 0.3 is 5.97 Å². The molecule has 0 radical (unpaired) electrons. The summed E-state index contributed by atoms with van der Waals surface area (Å²) in [6.45, 7) is 9.80. The van der Waals surface area contributed by atoms with Crippen molar-refractivity contribution < 1.29 is 32.3 Å². The molecule has 11 heteroatoms. The van der Waals surface area contributed by atoms with Gasteiger partial charge in [-0.15, -0.1) is 0 Å². The fraction of sp³-hybridized carbons (Fsp3) is 0.500. The van der Waals surface area contributed by atoms with Gasteiger partial charge in [-0.25, -0.2) is 13.2 Å². The number of nitrogens with zero attached hydrogens (tertiary/aromatic N) is 2. The van der Waals surface area contributed by atoms with Crippen molar-refractivity contribution in [3.05, 3.63) is 59.7 Å². The molecule has 0 spiro atoms. The number of methoxy groups -OCH3 is 1. The second kappa shape index (κ2) is 14.0. The zero-order chi connectivity index (χ0) is 30.3. The summed E-state index contributed by atoms with van der Waals surface area (Å²) in [7, 11) is -2.65. The van der Waals surface area contributed by atoms with Gasteiger partial charge in [0.05, 0.1) is 12.0 Å². The number of esters is 1. The summed E-state index contributed by atoms with van der Waals surface area (Å²) in [4.78, 5) is 40.3. The second-order valence-electron chi connectivity index (χ2n) is 10.8. The van der Waals surface area contributed by atoms with E-state index < -0.39 is 34.0 Å². The van der Waals surface area contributed by atoms with Crippen LogP contribution in [0.4, 0.5) is 0 Å². The highest BCUT2D eigenvalue weighted by Crippen LogP contribution is 2.27. The molecule has 10 nitrogen and oxygen atoms in total. The van der Waals surface area contributed by atoms with E-state index in [1.165, 1.54) is 23.5 Å². The topological polar surface area (TPSA) is 122 Å². The number of ether oxygens (including phenoxy) is 2. The summed E-state index contributed by atoms with van der Waals surface area (Å²) >= 11 is 0. The minimum absolute atomic E-state index is 0.0537. The number of hydrogen-bond donors (Lipinski definition) is 1. The molecule has 1 heterocycles. The van der Waals surface area contributed by atoms with Crippen LogP contribution < -0.4 is 10.1 Å². The monoisotopic (exact) mass is 587 g/mol. The molecule has 0 aliphatic carbocycles. The number of aryl methyl sites for hydroxylation is 1. The lowest BCUT2D eigenvalue weighted by Gasteiger charge is -2.30. The predicted molar refractivity (Wildman–Crippen MR) is 155 cm³/mol. The second-order valence-corrected chi connectivity index (χ2v) is 12.7. The Kier molecular flexibility index (Phi) is 10.9. The molecule has 0 aromatic heterocycles. The third-order valence-corrected chi connectivity index (χ3v) is 8.98. The average Bonchev–Trinajstić information content (AvgIpc) is 3.43. The Morgan fingerprint density at radius 1 is 1.00 bits per heavy atom. The van der Waals surface area contributed by atoms with Gasteiger partial charge in [-0.2, -0.15) is 4.31 Å². The molecule has 0 unspecified atom stereocenters. The van der Waals surface area contributed by atoms with E-state index >= 15 is 0 Å². The Morgan fingerprint density at radius 2 is 1.61 bits per heavy atom.